The van der Waals surface area contributed by atoms with E-state index in [-0.39, 0.29) is 5.56 Å². The molecule has 0 atom stereocenters. The normalized spacial score (nSPS) is 10.4. The van der Waals surface area contributed by atoms with Gasteiger partial charge < -0.3 is 24.7 Å². The fraction of sp³-hybridized carbons (Fsp3) is 0.158. The van der Waals surface area contributed by atoms with Gasteiger partial charge in [0.2, 0.25) is 0 Å². The number of amides is 2. The number of aromatic nitrogens is 1. The van der Waals surface area contributed by atoms with Gasteiger partial charge in [0.1, 0.15) is 0 Å². The van der Waals surface area contributed by atoms with Gasteiger partial charge in [-0.05, 0) is 18.2 Å². The highest BCUT2D eigenvalue weighted by molar-refractivity contribution is 6.05. The Kier molecular flexibility index (Phi) is 4.79. The van der Waals surface area contributed by atoms with Crippen LogP contribution in [0.5, 0.6) is 11.5 Å². The second-order valence-corrected chi connectivity index (χ2v) is 5.65. The summed E-state index contributed by atoms with van der Waals surface area (Å²) >= 11 is 0. The van der Waals surface area contributed by atoms with Gasteiger partial charge in [-0.1, -0.05) is 18.2 Å². The van der Waals surface area contributed by atoms with Crippen LogP contribution in [0.25, 0.3) is 10.8 Å². The van der Waals surface area contributed by atoms with Gasteiger partial charge in [0.25, 0.3) is 5.56 Å². The van der Waals surface area contributed by atoms with Gasteiger partial charge in [-0.3, -0.25) is 4.79 Å². The van der Waals surface area contributed by atoms with Gasteiger partial charge in [0, 0.05) is 35.8 Å². The number of anilines is 2. The molecule has 3 rings (SSSR count). The topological polar surface area (TPSA) is 81.6 Å². The summed E-state index contributed by atoms with van der Waals surface area (Å²) in [6.07, 6.45) is 1.60. The second-order valence-electron chi connectivity index (χ2n) is 5.65. The lowest BCUT2D eigenvalue weighted by Crippen LogP contribution is -2.23. The van der Waals surface area contributed by atoms with E-state index in [0.29, 0.717) is 33.6 Å². The molecule has 3 aromatic rings. The van der Waals surface area contributed by atoms with Crippen molar-refractivity contribution < 1.29 is 14.3 Å². The molecule has 0 bridgehead atoms. The maximum absolute atomic E-state index is 12.4. The van der Waals surface area contributed by atoms with Crippen LogP contribution >= 0.6 is 0 Å². The highest BCUT2D eigenvalue weighted by Crippen LogP contribution is 2.30. The van der Waals surface area contributed by atoms with Crippen molar-refractivity contribution in [3.05, 3.63) is 59.0 Å². The molecule has 7 nitrogen and oxygen atoms in total. The molecule has 0 aliphatic heterocycles. The number of hydrogen-bond acceptors (Lipinski definition) is 4. The maximum atomic E-state index is 12.4. The average Bonchev–Trinajstić information content (AvgIpc) is 2.65. The fourth-order valence-electron chi connectivity index (χ4n) is 2.71. The number of aryl methyl sites for hydroxylation is 1. The lowest BCUT2D eigenvalue weighted by molar-refractivity contribution is 0.262. The molecule has 0 unspecified atom stereocenters. The Labute approximate surface area is 150 Å². The largest absolute Gasteiger partial charge is 0.493 e. The first-order valence-corrected chi connectivity index (χ1v) is 7.92. The Morgan fingerprint density at radius 2 is 1.65 bits per heavy atom. The molecule has 2 aromatic carbocycles. The summed E-state index contributed by atoms with van der Waals surface area (Å²) in [6, 6.07) is 11.8. The van der Waals surface area contributed by atoms with Crippen molar-refractivity contribution in [3.63, 3.8) is 0 Å². The first-order chi connectivity index (χ1) is 12.5. The Morgan fingerprint density at radius 1 is 0.962 bits per heavy atom. The van der Waals surface area contributed by atoms with E-state index in [0.717, 1.165) is 0 Å². The van der Waals surface area contributed by atoms with E-state index in [9.17, 15) is 9.59 Å². The summed E-state index contributed by atoms with van der Waals surface area (Å²) in [4.78, 5) is 24.6. The van der Waals surface area contributed by atoms with Gasteiger partial charge in [0.05, 0.1) is 19.9 Å². The van der Waals surface area contributed by atoms with Crippen LogP contribution in [-0.4, -0.2) is 24.8 Å². The predicted molar refractivity (Wildman–Crippen MR) is 101 cm³/mol. The van der Waals surface area contributed by atoms with Gasteiger partial charge in [-0.2, -0.15) is 0 Å². The Morgan fingerprint density at radius 3 is 2.35 bits per heavy atom. The zero-order valence-electron chi connectivity index (χ0n) is 14.7. The average molecular weight is 353 g/mol. The molecular formula is C19H19N3O4. The number of methoxy groups -OCH3 is 2. The van der Waals surface area contributed by atoms with Crippen molar-refractivity contribution in [2.75, 3.05) is 24.9 Å². The Balaban J connectivity index is 1.86. The fourth-order valence-corrected chi connectivity index (χ4v) is 2.71. The third kappa shape index (κ3) is 3.32. The summed E-state index contributed by atoms with van der Waals surface area (Å²) in [5, 5.41) is 6.75. The number of pyridine rings is 1. The van der Waals surface area contributed by atoms with E-state index in [4.69, 9.17) is 9.47 Å². The number of carbonyl (C=O) groups excluding carboxylic acids is 1. The smallest absolute Gasteiger partial charge is 0.323 e. The molecular weight excluding hydrogens is 334 g/mol. The number of carbonyl (C=O) groups is 1. The first-order valence-electron chi connectivity index (χ1n) is 7.92. The van der Waals surface area contributed by atoms with Crippen molar-refractivity contribution in [3.8, 4) is 11.5 Å². The Bertz CT molecular complexity index is 1030. The number of nitrogens with zero attached hydrogens (tertiary/aromatic N) is 1. The monoisotopic (exact) mass is 353 g/mol. The van der Waals surface area contributed by atoms with E-state index in [1.54, 1.807) is 56.8 Å². The molecule has 134 valence electrons. The number of nitrogens with one attached hydrogen (secondary N) is 2. The van der Waals surface area contributed by atoms with E-state index in [2.05, 4.69) is 10.6 Å². The van der Waals surface area contributed by atoms with Crippen molar-refractivity contribution in [1.82, 2.24) is 4.57 Å². The number of urea groups is 1. The number of benzene rings is 2. The van der Waals surface area contributed by atoms with E-state index in [1.165, 1.54) is 11.7 Å². The van der Waals surface area contributed by atoms with Crippen LogP contribution < -0.4 is 25.7 Å². The standard InChI is InChI=1S/C19H19N3O4/c1-22-11-15(13-6-4-5-7-14(13)18(22)23)21-19(24)20-12-8-9-16(25-2)17(10-12)26-3/h4-11H,1-3H3,(H2,20,21,24). The minimum atomic E-state index is -0.430. The number of ether oxygens (including phenoxy) is 2. The quantitative estimate of drug-likeness (QED) is 0.755. The minimum Gasteiger partial charge on any atom is -0.493 e. The molecule has 0 radical (unpaired) electrons. The van der Waals surface area contributed by atoms with Gasteiger partial charge in [-0.25, -0.2) is 4.79 Å². The van der Waals surface area contributed by atoms with Crippen LogP contribution in [-0.2, 0) is 7.05 Å². The molecule has 2 amide bonds. The summed E-state index contributed by atoms with van der Waals surface area (Å²) in [5.41, 5.74) is 0.974. The predicted octanol–water partition coefficient (Wildman–Crippen LogP) is 3.20. The highest BCUT2D eigenvalue weighted by Gasteiger charge is 2.11. The van der Waals surface area contributed by atoms with Crippen molar-refractivity contribution >= 4 is 28.2 Å². The van der Waals surface area contributed by atoms with Crippen molar-refractivity contribution in [2.24, 2.45) is 7.05 Å². The summed E-state index contributed by atoms with van der Waals surface area (Å²) in [6.45, 7) is 0. The number of hydrogen-bond donors (Lipinski definition) is 2. The summed E-state index contributed by atoms with van der Waals surface area (Å²) in [5.74, 6) is 1.08. The van der Waals surface area contributed by atoms with Crippen LogP contribution in [0.2, 0.25) is 0 Å². The van der Waals surface area contributed by atoms with Gasteiger partial charge >= 0.3 is 6.03 Å². The molecule has 0 aliphatic carbocycles. The van der Waals surface area contributed by atoms with Crippen molar-refractivity contribution in [1.29, 1.82) is 0 Å². The molecule has 2 N–H and O–H groups in total. The zero-order chi connectivity index (χ0) is 18.7. The van der Waals surface area contributed by atoms with Crippen LogP contribution in [0.3, 0.4) is 0 Å². The minimum absolute atomic E-state index is 0.119. The third-order valence-corrected chi connectivity index (χ3v) is 3.98. The van der Waals surface area contributed by atoms with E-state index >= 15 is 0 Å². The van der Waals surface area contributed by atoms with E-state index < -0.39 is 6.03 Å². The number of fused-ring (bicyclic) bond motifs is 1. The molecule has 0 fully saturated rings. The summed E-state index contributed by atoms with van der Waals surface area (Å²) in [7, 11) is 4.72. The lowest BCUT2D eigenvalue weighted by atomic mass is 10.1. The number of rotatable bonds is 4. The highest BCUT2D eigenvalue weighted by atomic mass is 16.5. The summed E-state index contributed by atoms with van der Waals surface area (Å²) < 4.78 is 11.8. The lowest BCUT2D eigenvalue weighted by Gasteiger charge is -2.13. The molecule has 1 aromatic heterocycles. The molecule has 26 heavy (non-hydrogen) atoms. The zero-order valence-corrected chi connectivity index (χ0v) is 14.7. The molecule has 7 heteroatoms. The van der Waals surface area contributed by atoms with Crippen LogP contribution in [0.15, 0.2) is 53.5 Å². The van der Waals surface area contributed by atoms with Crippen LogP contribution in [0.1, 0.15) is 0 Å². The molecule has 0 aliphatic rings. The molecule has 1 heterocycles. The van der Waals surface area contributed by atoms with Crippen molar-refractivity contribution in [2.45, 2.75) is 0 Å². The molecule has 0 saturated heterocycles. The molecule has 0 saturated carbocycles. The SMILES string of the molecule is COc1ccc(NC(=O)Nc2cn(C)c(=O)c3ccccc23)cc1OC. The van der Waals surface area contributed by atoms with Gasteiger partial charge in [0.15, 0.2) is 11.5 Å². The van der Waals surface area contributed by atoms with E-state index in [1.807, 2.05) is 6.07 Å². The molecule has 0 spiro atoms. The second kappa shape index (κ2) is 7.18. The van der Waals surface area contributed by atoms with Gasteiger partial charge in [-0.15, -0.1) is 0 Å². The first kappa shape index (κ1) is 17.3. The Hall–Kier alpha value is -3.48. The maximum Gasteiger partial charge on any atom is 0.323 e. The van der Waals surface area contributed by atoms with Crippen LogP contribution in [0.4, 0.5) is 16.2 Å². The van der Waals surface area contributed by atoms with Crippen LogP contribution in [0, 0.1) is 0 Å². The third-order valence-electron chi connectivity index (χ3n) is 3.98.